The van der Waals surface area contributed by atoms with Crippen LogP contribution in [0.1, 0.15) is 10.6 Å². The monoisotopic (exact) mass is 389 g/mol. The smallest absolute Gasteiger partial charge is 0.293 e. The third-order valence-corrected chi connectivity index (χ3v) is 4.06. The van der Waals surface area contributed by atoms with Gasteiger partial charge in [-0.3, -0.25) is 15.1 Å². The molecule has 0 saturated heterocycles. The van der Waals surface area contributed by atoms with Crippen molar-refractivity contribution in [3.63, 3.8) is 0 Å². The van der Waals surface area contributed by atoms with E-state index in [2.05, 4.69) is 15.6 Å². The van der Waals surface area contributed by atoms with Crippen LogP contribution in [0.5, 0.6) is 11.5 Å². The van der Waals surface area contributed by atoms with Gasteiger partial charge in [0.25, 0.3) is 5.91 Å². The summed E-state index contributed by atoms with van der Waals surface area (Å²) in [5.41, 5.74) is 1.31. The Labute approximate surface area is 166 Å². The summed E-state index contributed by atoms with van der Waals surface area (Å²) in [6, 6.07) is 20.1. The summed E-state index contributed by atoms with van der Waals surface area (Å²) in [4.78, 5) is 16.3. The molecule has 0 aliphatic rings. The number of thiocarbonyl (C=S) groups is 1. The summed E-state index contributed by atoms with van der Waals surface area (Å²) in [5.74, 6) is 1.19. The second kappa shape index (κ2) is 7.89. The fourth-order valence-electron chi connectivity index (χ4n) is 2.55. The molecule has 7 heteroatoms. The number of carbonyl (C=O) groups is 1. The minimum Gasteiger partial charge on any atom is -0.457 e. The van der Waals surface area contributed by atoms with Gasteiger partial charge in [0.1, 0.15) is 17.1 Å². The van der Waals surface area contributed by atoms with Crippen molar-refractivity contribution in [3.8, 4) is 11.5 Å². The Balaban J connectivity index is 1.36. The van der Waals surface area contributed by atoms with Crippen LogP contribution < -0.4 is 15.4 Å². The van der Waals surface area contributed by atoms with E-state index in [0.29, 0.717) is 11.3 Å². The van der Waals surface area contributed by atoms with E-state index in [0.717, 1.165) is 16.8 Å². The van der Waals surface area contributed by atoms with E-state index in [-0.39, 0.29) is 10.9 Å². The normalized spacial score (nSPS) is 10.4. The standard InChI is InChI=1S/C21H15N3O3S/c25-20(19-12-14-13-22-11-10-18(14)27-19)24-21(28)23-15-6-8-17(9-7-15)26-16-4-2-1-3-5-16/h1-13H,(H2,23,24,25,28). The minimum absolute atomic E-state index is 0.166. The molecule has 0 fully saturated rings. The number of hydrogen-bond donors (Lipinski definition) is 2. The van der Waals surface area contributed by atoms with Crippen LogP contribution in [0.25, 0.3) is 11.0 Å². The molecule has 0 bridgehead atoms. The zero-order valence-electron chi connectivity index (χ0n) is 14.6. The second-order valence-electron chi connectivity index (χ2n) is 5.87. The molecule has 2 aromatic heterocycles. The first kappa shape index (κ1) is 17.7. The van der Waals surface area contributed by atoms with Crippen molar-refractivity contribution in [3.05, 3.63) is 84.9 Å². The van der Waals surface area contributed by atoms with Crippen LogP contribution in [0.2, 0.25) is 0 Å². The zero-order chi connectivity index (χ0) is 19.3. The van der Waals surface area contributed by atoms with Gasteiger partial charge in [-0.1, -0.05) is 18.2 Å². The fourth-order valence-corrected chi connectivity index (χ4v) is 2.76. The lowest BCUT2D eigenvalue weighted by Gasteiger charge is -2.10. The molecule has 0 aliphatic heterocycles. The van der Waals surface area contributed by atoms with Crippen molar-refractivity contribution in [1.82, 2.24) is 10.3 Å². The van der Waals surface area contributed by atoms with Crippen molar-refractivity contribution >= 4 is 39.9 Å². The summed E-state index contributed by atoms with van der Waals surface area (Å²) in [6.45, 7) is 0. The van der Waals surface area contributed by atoms with E-state index in [1.165, 1.54) is 0 Å². The molecule has 4 aromatic rings. The van der Waals surface area contributed by atoms with Crippen LogP contribution in [-0.4, -0.2) is 16.0 Å². The van der Waals surface area contributed by atoms with Gasteiger partial charge < -0.3 is 14.5 Å². The average molecular weight is 389 g/mol. The molecule has 0 unspecified atom stereocenters. The topological polar surface area (TPSA) is 76.4 Å². The molecule has 138 valence electrons. The number of pyridine rings is 1. The van der Waals surface area contributed by atoms with E-state index >= 15 is 0 Å². The number of fused-ring (bicyclic) bond motifs is 1. The number of anilines is 1. The number of rotatable bonds is 4. The van der Waals surface area contributed by atoms with Crippen molar-refractivity contribution in [2.75, 3.05) is 5.32 Å². The summed E-state index contributed by atoms with van der Waals surface area (Å²) >= 11 is 5.20. The van der Waals surface area contributed by atoms with Crippen molar-refractivity contribution < 1.29 is 13.9 Å². The Bertz CT molecular complexity index is 1090. The Kier molecular flexibility index (Phi) is 4.99. The molecular weight excluding hydrogens is 374 g/mol. The summed E-state index contributed by atoms with van der Waals surface area (Å²) in [7, 11) is 0. The molecule has 0 saturated carbocycles. The van der Waals surface area contributed by atoms with Crippen LogP contribution in [0.4, 0.5) is 5.69 Å². The van der Waals surface area contributed by atoms with Gasteiger partial charge in [-0.2, -0.15) is 0 Å². The summed E-state index contributed by atoms with van der Waals surface area (Å²) < 4.78 is 11.2. The third-order valence-electron chi connectivity index (χ3n) is 3.86. The SMILES string of the molecule is O=C(NC(=S)Nc1ccc(Oc2ccccc2)cc1)c1cc2cnccc2o1. The van der Waals surface area contributed by atoms with E-state index in [1.54, 1.807) is 24.5 Å². The predicted octanol–water partition coefficient (Wildman–Crippen LogP) is 4.75. The van der Waals surface area contributed by atoms with Crippen molar-refractivity contribution in [1.29, 1.82) is 0 Å². The number of benzene rings is 2. The molecule has 4 rings (SSSR count). The lowest BCUT2D eigenvalue weighted by Crippen LogP contribution is -2.33. The van der Waals surface area contributed by atoms with Gasteiger partial charge in [0, 0.05) is 23.5 Å². The number of nitrogens with zero attached hydrogens (tertiary/aromatic N) is 1. The van der Waals surface area contributed by atoms with Crippen LogP contribution in [0.3, 0.4) is 0 Å². The second-order valence-corrected chi connectivity index (χ2v) is 6.28. The number of carbonyl (C=O) groups excluding carboxylic acids is 1. The number of amides is 1. The highest BCUT2D eigenvalue weighted by Crippen LogP contribution is 2.22. The quantitative estimate of drug-likeness (QED) is 0.491. The van der Waals surface area contributed by atoms with Gasteiger partial charge in [-0.25, -0.2) is 0 Å². The Morgan fingerprint density at radius 1 is 1.00 bits per heavy atom. The maximum Gasteiger partial charge on any atom is 0.293 e. The zero-order valence-corrected chi connectivity index (χ0v) is 15.4. The first-order valence-electron chi connectivity index (χ1n) is 8.46. The van der Waals surface area contributed by atoms with Crippen LogP contribution in [0.15, 0.2) is 83.5 Å². The molecule has 1 amide bonds. The highest BCUT2D eigenvalue weighted by Gasteiger charge is 2.13. The molecular formula is C21H15N3O3S. The Morgan fingerprint density at radius 2 is 1.75 bits per heavy atom. The van der Waals surface area contributed by atoms with Crippen LogP contribution in [-0.2, 0) is 0 Å². The lowest BCUT2D eigenvalue weighted by atomic mass is 10.3. The van der Waals surface area contributed by atoms with E-state index in [4.69, 9.17) is 21.4 Å². The van der Waals surface area contributed by atoms with E-state index < -0.39 is 5.91 Å². The maximum atomic E-state index is 12.3. The van der Waals surface area contributed by atoms with Gasteiger partial charge in [-0.15, -0.1) is 0 Å². The van der Waals surface area contributed by atoms with Gasteiger partial charge in [-0.05, 0) is 60.7 Å². The van der Waals surface area contributed by atoms with Gasteiger partial charge in [0.05, 0.1) is 0 Å². The van der Waals surface area contributed by atoms with Gasteiger partial charge in [0.2, 0.25) is 0 Å². The lowest BCUT2D eigenvalue weighted by molar-refractivity contribution is 0.0953. The number of ether oxygens (including phenoxy) is 1. The fraction of sp³-hybridized carbons (Fsp3) is 0. The number of para-hydroxylation sites is 1. The highest BCUT2D eigenvalue weighted by molar-refractivity contribution is 7.80. The number of furan rings is 1. The van der Waals surface area contributed by atoms with E-state index in [1.807, 2.05) is 54.6 Å². The molecule has 0 spiro atoms. The maximum absolute atomic E-state index is 12.3. The van der Waals surface area contributed by atoms with Gasteiger partial charge in [0.15, 0.2) is 10.9 Å². The largest absolute Gasteiger partial charge is 0.457 e. The van der Waals surface area contributed by atoms with Gasteiger partial charge >= 0.3 is 0 Å². The van der Waals surface area contributed by atoms with Crippen molar-refractivity contribution in [2.24, 2.45) is 0 Å². The molecule has 2 aromatic carbocycles. The molecule has 28 heavy (non-hydrogen) atoms. The molecule has 0 aliphatic carbocycles. The molecule has 2 heterocycles. The average Bonchev–Trinajstić information content (AvgIpc) is 3.15. The minimum atomic E-state index is -0.433. The molecule has 0 radical (unpaired) electrons. The first-order chi connectivity index (χ1) is 13.7. The molecule has 2 N–H and O–H groups in total. The first-order valence-corrected chi connectivity index (χ1v) is 8.87. The van der Waals surface area contributed by atoms with Crippen LogP contribution in [0, 0.1) is 0 Å². The van der Waals surface area contributed by atoms with E-state index in [9.17, 15) is 4.79 Å². The Morgan fingerprint density at radius 3 is 2.50 bits per heavy atom. The molecule has 0 atom stereocenters. The summed E-state index contributed by atoms with van der Waals surface area (Å²) in [6.07, 6.45) is 3.23. The Hall–Kier alpha value is -3.71. The number of nitrogens with one attached hydrogen (secondary N) is 2. The number of hydrogen-bond acceptors (Lipinski definition) is 5. The third kappa shape index (κ3) is 4.16. The highest BCUT2D eigenvalue weighted by atomic mass is 32.1. The summed E-state index contributed by atoms with van der Waals surface area (Å²) in [5, 5.41) is 6.47. The number of aromatic nitrogens is 1. The van der Waals surface area contributed by atoms with Crippen molar-refractivity contribution in [2.45, 2.75) is 0 Å². The predicted molar refractivity (Wildman–Crippen MR) is 111 cm³/mol. The van der Waals surface area contributed by atoms with Crippen LogP contribution >= 0.6 is 12.2 Å². The molecule has 6 nitrogen and oxygen atoms in total.